The molecule has 2 heterocycles. The summed E-state index contributed by atoms with van der Waals surface area (Å²) in [6, 6.07) is 12.9. The fraction of sp³-hybridized carbons (Fsp3) is 0.211. The standard InChI is InChI=1S/C19H19NO3S2/c1-2-23-15-5-3-13(4-6-15)19(22)20-11-16(21)18-8-7-17(25-18)14-9-10-24-12-14/h3-10,12,16,21H,2,11H2,1H3,(H,20,22). The Balaban J connectivity index is 1.56. The number of carbonyl (C=O) groups excluding carboxylic acids is 1. The Morgan fingerprint density at radius 2 is 2.00 bits per heavy atom. The van der Waals surface area contributed by atoms with Gasteiger partial charge < -0.3 is 15.2 Å². The minimum Gasteiger partial charge on any atom is -0.494 e. The van der Waals surface area contributed by atoms with E-state index < -0.39 is 6.10 Å². The molecular weight excluding hydrogens is 354 g/mol. The number of thiophene rings is 2. The molecule has 130 valence electrons. The van der Waals surface area contributed by atoms with E-state index in [2.05, 4.69) is 16.8 Å². The molecule has 2 N–H and O–H groups in total. The van der Waals surface area contributed by atoms with Crippen molar-refractivity contribution < 1.29 is 14.6 Å². The van der Waals surface area contributed by atoms with Crippen LogP contribution in [0.15, 0.2) is 53.2 Å². The monoisotopic (exact) mass is 373 g/mol. The molecule has 0 aliphatic heterocycles. The summed E-state index contributed by atoms with van der Waals surface area (Å²) in [4.78, 5) is 14.1. The average molecular weight is 373 g/mol. The highest BCUT2D eigenvalue weighted by Crippen LogP contribution is 2.32. The number of carbonyl (C=O) groups is 1. The average Bonchev–Trinajstić information content (AvgIpc) is 3.31. The van der Waals surface area contributed by atoms with E-state index in [0.29, 0.717) is 12.2 Å². The van der Waals surface area contributed by atoms with Crippen molar-refractivity contribution in [2.45, 2.75) is 13.0 Å². The van der Waals surface area contributed by atoms with Gasteiger partial charge in [-0.05, 0) is 60.1 Å². The van der Waals surface area contributed by atoms with Crippen molar-refractivity contribution in [2.75, 3.05) is 13.2 Å². The highest BCUT2D eigenvalue weighted by Gasteiger charge is 2.14. The number of hydrogen-bond acceptors (Lipinski definition) is 5. The fourth-order valence-electron chi connectivity index (χ4n) is 2.35. The molecule has 0 aliphatic rings. The van der Waals surface area contributed by atoms with Gasteiger partial charge in [0, 0.05) is 27.4 Å². The van der Waals surface area contributed by atoms with Crippen LogP contribution < -0.4 is 10.1 Å². The van der Waals surface area contributed by atoms with Gasteiger partial charge in [0.2, 0.25) is 0 Å². The molecule has 3 rings (SSSR count). The highest BCUT2D eigenvalue weighted by atomic mass is 32.1. The van der Waals surface area contributed by atoms with Gasteiger partial charge in [-0.1, -0.05) is 0 Å². The number of aliphatic hydroxyl groups excluding tert-OH is 1. The lowest BCUT2D eigenvalue weighted by atomic mass is 10.2. The Kier molecular flexibility index (Phi) is 5.86. The quantitative estimate of drug-likeness (QED) is 0.648. The minimum absolute atomic E-state index is 0.176. The number of nitrogens with one attached hydrogen (secondary N) is 1. The fourth-order valence-corrected chi connectivity index (χ4v) is 4.07. The van der Waals surface area contributed by atoms with E-state index in [-0.39, 0.29) is 12.5 Å². The molecule has 1 atom stereocenters. The molecule has 0 spiro atoms. The van der Waals surface area contributed by atoms with Crippen LogP contribution in [0.2, 0.25) is 0 Å². The van der Waals surface area contributed by atoms with Crippen LogP contribution in [0.3, 0.4) is 0 Å². The maximum absolute atomic E-state index is 12.2. The van der Waals surface area contributed by atoms with E-state index in [0.717, 1.165) is 21.1 Å². The number of amides is 1. The third-order valence-corrected chi connectivity index (χ3v) is 5.56. The molecule has 1 aromatic carbocycles. The number of benzene rings is 1. The lowest BCUT2D eigenvalue weighted by Gasteiger charge is -2.11. The molecule has 0 saturated heterocycles. The van der Waals surface area contributed by atoms with Crippen molar-refractivity contribution in [3.05, 3.63) is 63.7 Å². The predicted octanol–water partition coefficient (Wildman–Crippen LogP) is 4.34. The maximum atomic E-state index is 12.2. The van der Waals surface area contributed by atoms with Crippen molar-refractivity contribution >= 4 is 28.6 Å². The third kappa shape index (κ3) is 4.48. The molecular formula is C19H19NO3S2. The van der Waals surface area contributed by atoms with E-state index in [1.165, 1.54) is 0 Å². The zero-order chi connectivity index (χ0) is 17.6. The summed E-state index contributed by atoms with van der Waals surface area (Å²) in [5.41, 5.74) is 1.70. The summed E-state index contributed by atoms with van der Waals surface area (Å²) in [6.07, 6.45) is -0.718. The van der Waals surface area contributed by atoms with Crippen molar-refractivity contribution in [1.29, 1.82) is 0 Å². The Morgan fingerprint density at radius 1 is 1.20 bits per heavy atom. The van der Waals surface area contributed by atoms with Gasteiger partial charge in [-0.25, -0.2) is 0 Å². The van der Waals surface area contributed by atoms with Crippen LogP contribution >= 0.6 is 22.7 Å². The molecule has 6 heteroatoms. The molecule has 25 heavy (non-hydrogen) atoms. The second-order valence-electron chi connectivity index (χ2n) is 5.40. The Labute approximate surface area is 154 Å². The molecule has 0 fully saturated rings. The van der Waals surface area contributed by atoms with Crippen molar-refractivity contribution in [3.8, 4) is 16.2 Å². The first-order valence-electron chi connectivity index (χ1n) is 7.99. The predicted molar refractivity (Wildman–Crippen MR) is 103 cm³/mol. The summed E-state index contributed by atoms with van der Waals surface area (Å²) < 4.78 is 5.36. The molecule has 4 nitrogen and oxygen atoms in total. The summed E-state index contributed by atoms with van der Waals surface area (Å²) >= 11 is 3.19. The highest BCUT2D eigenvalue weighted by molar-refractivity contribution is 7.16. The first-order valence-corrected chi connectivity index (χ1v) is 9.74. The van der Waals surface area contributed by atoms with Gasteiger partial charge >= 0.3 is 0 Å². The first kappa shape index (κ1) is 17.7. The molecule has 0 saturated carbocycles. The Morgan fingerprint density at radius 3 is 2.68 bits per heavy atom. The zero-order valence-electron chi connectivity index (χ0n) is 13.8. The lowest BCUT2D eigenvalue weighted by molar-refractivity contribution is 0.0918. The summed E-state index contributed by atoms with van der Waals surface area (Å²) in [5.74, 6) is 0.523. The van der Waals surface area contributed by atoms with Gasteiger partial charge in [0.05, 0.1) is 6.61 Å². The molecule has 3 aromatic rings. The minimum atomic E-state index is -0.718. The number of hydrogen-bond donors (Lipinski definition) is 2. The zero-order valence-corrected chi connectivity index (χ0v) is 15.4. The van der Waals surface area contributed by atoms with Gasteiger partial charge in [0.25, 0.3) is 5.91 Å². The van der Waals surface area contributed by atoms with E-state index >= 15 is 0 Å². The second kappa shape index (κ2) is 8.29. The van der Waals surface area contributed by atoms with E-state index in [9.17, 15) is 9.90 Å². The van der Waals surface area contributed by atoms with Crippen LogP contribution in [-0.4, -0.2) is 24.2 Å². The number of aliphatic hydroxyl groups is 1. The van der Waals surface area contributed by atoms with Crippen LogP contribution in [0.1, 0.15) is 28.3 Å². The van der Waals surface area contributed by atoms with Gasteiger partial charge in [0.1, 0.15) is 11.9 Å². The molecule has 2 aromatic heterocycles. The van der Waals surface area contributed by atoms with Gasteiger partial charge in [-0.3, -0.25) is 4.79 Å². The van der Waals surface area contributed by atoms with Crippen LogP contribution in [0, 0.1) is 0 Å². The van der Waals surface area contributed by atoms with Crippen LogP contribution in [0.25, 0.3) is 10.4 Å². The molecule has 0 aliphatic carbocycles. The number of ether oxygens (including phenoxy) is 1. The molecule has 0 radical (unpaired) electrons. The van der Waals surface area contributed by atoms with Crippen molar-refractivity contribution in [3.63, 3.8) is 0 Å². The third-order valence-electron chi connectivity index (χ3n) is 3.64. The SMILES string of the molecule is CCOc1ccc(C(=O)NCC(O)c2ccc(-c3ccsc3)s2)cc1. The van der Waals surface area contributed by atoms with Crippen molar-refractivity contribution in [2.24, 2.45) is 0 Å². The van der Waals surface area contributed by atoms with Crippen molar-refractivity contribution in [1.82, 2.24) is 5.32 Å². The molecule has 0 bridgehead atoms. The second-order valence-corrected chi connectivity index (χ2v) is 7.29. The maximum Gasteiger partial charge on any atom is 0.251 e. The normalized spacial score (nSPS) is 11.9. The summed E-state index contributed by atoms with van der Waals surface area (Å²) in [6.45, 7) is 2.68. The Bertz CT molecular complexity index is 810. The summed E-state index contributed by atoms with van der Waals surface area (Å²) in [5, 5.41) is 17.2. The Hall–Kier alpha value is -2.15. The van der Waals surface area contributed by atoms with E-state index in [1.54, 1.807) is 46.9 Å². The van der Waals surface area contributed by atoms with Gasteiger partial charge in [-0.15, -0.1) is 11.3 Å². The first-order chi connectivity index (χ1) is 12.2. The van der Waals surface area contributed by atoms with E-state index in [1.807, 2.05) is 24.4 Å². The van der Waals surface area contributed by atoms with Gasteiger partial charge in [-0.2, -0.15) is 11.3 Å². The van der Waals surface area contributed by atoms with E-state index in [4.69, 9.17) is 4.74 Å². The number of rotatable bonds is 7. The largest absolute Gasteiger partial charge is 0.494 e. The van der Waals surface area contributed by atoms with Crippen LogP contribution in [0.4, 0.5) is 0 Å². The van der Waals surface area contributed by atoms with Crippen LogP contribution in [0.5, 0.6) is 5.75 Å². The molecule has 1 amide bonds. The van der Waals surface area contributed by atoms with Crippen LogP contribution in [-0.2, 0) is 0 Å². The van der Waals surface area contributed by atoms with Gasteiger partial charge in [0.15, 0.2) is 0 Å². The smallest absolute Gasteiger partial charge is 0.251 e. The summed E-state index contributed by atoms with van der Waals surface area (Å²) in [7, 11) is 0. The lowest BCUT2D eigenvalue weighted by Crippen LogP contribution is -2.28. The molecule has 1 unspecified atom stereocenters. The topological polar surface area (TPSA) is 58.6 Å².